The van der Waals surface area contributed by atoms with Gasteiger partial charge in [0.1, 0.15) is 5.75 Å². The first-order valence-corrected chi connectivity index (χ1v) is 6.59. The van der Waals surface area contributed by atoms with Gasteiger partial charge >= 0.3 is 5.97 Å². The predicted molar refractivity (Wildman–Crippen MR) is 79.0 cm³/mol. The average Bonchev–Trinajstić information content (AvgIpc) is 2.49. The van der Waals surface area contributed by atoms with Gasteiger partial charge in [-0.05, 0) is 36.8 Å². The summed E-state index contributed by atoms with van der Waals surface area (Å²) in [6.07, 6.45) is 0.664. The summed E-state index contributed by atoms with van der Waals surface area (Å²) in [6, 6.07) is 8.74. The van der Waals surface area contributed by atoms with Crippen molar-refractivity contribution < 1.29 is 19.4 Å². The van der Waals surface area contributed by atoms with Crippen LogP contribution in [0.4, 0.5) is 0 Å². The summed E-state index contributed by atoms with van der Waals surface area (Å²) < 4.78 is 10.5. The lowest BCUT2D eigenvalue weighted by Gasteiger charge is -2.13. The zero-order valence-corrected chi connectivity index (χ0v) is 12.3. The first kappa shape index (κ1) is 15.1. The van der Waals surface area contributed by atoms with E-state index in [1.165, 1.54) is 6.92 Å². The first-order valence-electron chi connectivity index (χ1n) is 6.21. The topological polar surface area (TPSA) is 68.7 Å². The molecule has 0 amide bonds. The molecule has 1 aromatic carbocycles. The molecule has 1 unspecified atom stereocenters. The van der Waals surface area contributed by atoms with Gasteiger partial charge in [-0.3, -0.25) is 0 Å². The van der Waals surface area contributed by atoms with Crippen molar-refractivity contribution in [1.82, 2.24) is 4.98 Å². The molecule has 6 heteroatoms. The van der Waals surface area contributed by atoms with Crippen molar-refractivity contribution in [2.75, 3.05) is 7.11 Å². The van der Waals surface area contributed by atoms with Crippen LogP contribution in [0.1, 0.15) is 6.92 Å². The largest absolute Gasteiger partial charge is 0.481 e. The molecule has 0 spiro atoms. The Morgan fingerprint density at radius 3 is 2.76 bits per heavy atom. The molecule has 1 aromatic heterocycles. The summed E-state index contributed by atoms with van der Waals surface area (Å²) in [7, 11) is 1.54. The molecule has 1 atom stereocenters. The highest BCUT2D eigenvalue weighted by atomic mass is 35.5. The number of methoxy groups -OCH3 is 1. The maximum absolute atomic E-state index is 10.8. The van der Waals surface area contributed by atoms with Gasteiger partial charge in [-0.2, -0.15) is 0 Å². The number of hydrogen-bond acceptors (Lipinski definition) is 4. The summed E-state index contributed by atoms with van der Waals surface area (Å²) >= 11 is 6.14. The molecule has 1 heterocycles. The van der Waals surface area contributed by atoms with E-state index in [0.29, 0.717) is 16.7 Å². The molecule has 0 aliphatic heterocycles. The van der Waals surface area contributed by atoms with E-state index in [1.807, 2.05) is 6.07 Å². The van der Waals surface area contributed by atoms with Crippen molar-refractivity contribution in [3.05, 3.63) is 41.6 Å². The van der Waals surface area contributed by atoms with Gasteiger partial charge in [-0.1, -0.05) is 17.7 Å². The maximum atomic E-state index is 10.8. The van der Waals surface area contributed by atoms with Crippen LogP contribution < -0.4 is 9.47 Å². The molecule has 0 saturated carbocycles. The minimum Gasteiger partial charge on any atom is -0.481 e. The second kappa shape index (κ2) is 6.45. The van der Waals surface area contributed by atoms with E-state index in [2.05, 4.69) is 4.98 Å². The lowest BCUT2D eigenvalue weighted by molar-refractivity contribution is -0.144. The van der Waals surface area contributed by atoms with Gasteiger partial charge in [0.2, 0.25) is 5.88 Å². The van der Waals surface area contributed by atoms with Gasteiger partial charge in [-0.25, -0.2) is 9.78 Å². The van der Waals surface area contributed by atoms with E-state index >= 15 is 0 Å². The zero-order chi connectivity index (χ0) is 15.4. The standard InChI is InChI=1S/C15H14ClNO4/c1-9(15(18)19)21-13-6-5-10(8-12(13)16)11-4-3-7-17-14(11)20-2/h3-9H,1-2H3,(H,18,19). The number of hydrogen-bond donors (Lipinski definition) is 1. The summed E-state index contributed by atoms with van der Waals surface area (Å²) in [5.41, 5.74) is 1.60. The van der Waals surface area contributed by atoms with Crippen molar-refractivity contribution in [2.24, 2.45) is 0 Å². The third-order valence-corrected chi connectivity index (χ3v) is 3.15. The van der Waals surface area contributed by atoms with Crippen molar-refractivity contribution in [1.29, 1.82) is 0 Å². The molecule has 5 nitrogen and oxygen atoms in total. The predicted octanol–water partition coefficient (Wildman–Crippen LogP) is 3.26. The molecule has 110 valence electrons. The number of benzene rings is 1. The second-order valence-corrected chi connectivity index (χ2v) is 4.71. The molecule has 0 aliphatic carbocycles. The number of ether oxygens (including phenoxy) is 2. The summed E-state index contributed by atoms with van der Waals surface area (Å²) in [6.45, 7) is 1.44. The molecule has 0 fully saturated rings. The van der Waals surface area contributed by atoms with Crippen molar-refractivity contribution in [3.63, 3.8) is 0 Å². The van der Waals surface area contributed by atoms with E-state index in [9.17, 15) is 4.79 Å². The van der Waals surface area contributed by atoms with Gasteiger partial charge in [0.05, 0.1) is 12.1 Å². The van der Waals surface area contributed by atoms with Gasteiger partial charge in [0.15, 0.2) is 6.10 Å². The van der Waals surface area contributed by atoms with Crippen LogP contribution in [0.5, 0.6) is 11.6 Å². The van der Waals surface area contributed by atoms with E-state index in [-0.39, 0.29) is 0 Å². The van der Waals surface area contributed by atoms with Crippen molar-refractivity contribution >= 4 is 17.6 Å². The third kappa shape index (κ3) is 3.44. The number of pyridine rings is 1. The Hall–Kier alpha value is -2.27. The number of carbonyl (C=O) groups is 1. The molecular weight excluding hydrogens is 294 g/mol. The normalized spacial score (nSPS) is 11.8. The lowest BCUT2D eigenvalue weighted by atomic mass is 10.1. The maximum Gasteiger partial charge on any atom is 0.344 e. The molecule has 21 heavy (non-hydrogen) atoms. The summed E-state index contributed by atoms with van der Waals surface area (Å²) in [4.78, 5) is 14.9. The first-order chi connectivity index (χ1) is 10.0. The second-order valence-electron chi connectivity index (χ2n) is 4.30. The van der Waals surface area contributed by atoms with Gasteiger partial charge in [0.25, 0.3) is 0 Å². The fourth-order valence-electron chi connectivity index (χ4n) is 1.78. The van der Waals surface area contributed by atoms with Crippen LogP contribution >= 0.6 is 11.6 Å². The van der Waals surface area contributed by atoms with E-state index in [0.717, 1.165) is 11.1 Å². The highest BCUT2D eigenvalue weighted by Gasteiger charge is 2.15. The Bertz CT molecular complexity index is 660. The van der Waals surface area contributed by atoms with Gasteiger partial charge < -0.3 is 14.6 Å². The van der Waals surface area contributed by atoms with E-state index in [4.69, 9.17) is 26.2 Å². The quantitative estimate of drug-likeness (QED) is 0.918. The average molecular weight is 308 g/mol. The van der Waals surface area contributed by atoms with Crippen molar-refractivity contribution in [3.8, 4) is 22.8 Å². The Morgan fingerprint density at radius 2 is 2.14 bits per heavy atom. The van der Waals surface area contributed by atoms with Crippen LogP contribution in [0.3, 0.4) is 0 Å². The number of rotatable bonds is 5. The Balaban J connectivity index is 2.33. The molecule has 2 rings (SSSR count). The van der Waals surface area contributed by atoms with E-state index < -0.39 is 12.1 Å². The van der Waals surface area contributed by atoms with Crippen LogP contribution in [0.25, 0.3) is 11.1 Å². The monoisotopic (exact) mass is 307 g/mol. The lowest BCUT2D eigenvalue weighted by Crippen LogP contribution is -2.22. The van der Waals surface area contributed by atoms with Gasteiger partial charge in [0, 0.05) is 11.8 Å². The Kier molecular flexibility index (Phi) is 4.65. The number of carboxylic acids is 1. The third-order valence-electron chi connectivity index (χ3n) is 2.86. The van der Waals surface area contributed by atoms with Crippen molar-refractivity contribution in [2.45, 2.75) is 13.0 Å². The van der Waals surface area contributed by atoms with Crippen LogP contribution in [0.2, 0.25) is 5.02 Å². The minimum atomic E-state index is -1.05. The van der Waals surface area contributed by atoms with Gasteiger partial charge in [-0.15, -0.1) is 0 Å². The Morgan fingerprint density at radius 1 is 1.38 bits per heavy atom. The minimum absolute atomic E-state index is 0.318. The SMILES string of the molecule is COc1ncccc1-c1ccc(OC(C)C(=O)O)c(Cl)c1. The van der Waals surface area contributed by atoms with Crippen LogP contribution in [-0.4, -0.2) is 29.3 Å². The summed E-state index contributed by atoms with van der Waals surface area (Å²) in [5.74, 6) is -0.247. The number of aliphatic carboxylic acids is 1. The van der Waals surface area contributed by atoms with Crippen LogP contribution in [0.15, 0.2) is 36.5 Å². The Labute approximate surface area is 127 Å². The van der Waals surface area contributed by atoms with Crippen LogP contribution in [0, 0.1) is 0 Å². The fraction of sp³-hybridized carbons (Fsp3) is 0.200. The molecule has 1 N–H and O–H groups in total. The fourth-order valence-corrected chi connectivity index (χ4v) is 2.00. The number of nitrogens with zero attached hydrogens (tertiary/aromatic N) is 1. The summed E-state index contributed by atoms with van der Waals surface area (Å²) in [5, 5.41) is 9.17. The van der Waals surface area contributed by atoms with Crippen LogP contribution in [-0.2, 0) is 4.79 Å². The number of aromatic nitrogens is 1. The van der Waals surface area contributed by atoms with E-state index in [1.54, 1.807) is 37.6 Å². The molecule has 0 radical (unpaired) electrons. The number of halogens is 1. The highest BCUT2D eigenvalue weighted by Crippen LogP contribution is 2.34. The zero-order valence-electron chi connectivity index (χ0n) is 11.5. The highest BCUT2D eigenvalue weighted by molar-refractivity contribution is 6.32. The number of carboxylic acid groups (broad SMARTS) is 1. The molecule has 0 saturated heterocycles. The smallest absolute Gasteiger partial charge is 0.344 e. The molecule has 2 aromatic rings. The molecular formula is C15H14ClNO4. The molecule has 0 bridgehead atoms. The molecule has 0 aliphatic rings.